The maximum atomic E-state index is 13.4. The van der Waals surface area contributed by atoms with Crippen LogP contribution in [-0.2, 0) is 4.79 Å². The molecule has 186 valence electrons. The SMILES string of the molecule is COc1ccc(-c2nn(-c3ccccc3)cc2C2NC(=O)C3C4=C(CC(C)CC4)SC3N2)cc1OC. The summed E-state index contributed by atoms with van der Waals surface area (Å²) in [6.07, 6.45) is 4.91. The first-order valence-corrected chi connectivity index (χ1v) is 13.3. The zero-order valence-electron chi connectivity index (χ0n) is 20.7. The minimum Gasteiger partial charge on any atom is -0.493 e. The van der Waals surface area contributed by atoms with E-state index in [1.165, 1.54) is 10.5 Å². The molecule has 6 rings (SSSR count). The van der Waals surface area contributed by atoms with Gasteiger partial charge in [0.15, 0.2) is 11.5 Å². The number of thioether (sulfide) groups is 1. The molecule has 2 aromatic carbocycles. The Morgan fingerprint density at radius 2 is 1.89 bits per heavy atom. The highest BCUT2D eigenvalue weighted by molar-refractivity contribution is 8.04. The fourth-order valence-electron chi connectivity index (χ4n) is 5.50. The lowest BCUT2D eigenvalue weighted by Gasteiger charge is -2.34. The molecule has 4 unspecified atom stereocenters. The van der Waals surface area contributed by atoms with E-state index in [9.17, 15) is 4.79 Å². The average Bonchev–Trinajstić information content (AvgIpc) is 3.50. The molecule has 0 radical (unpaired) electrons. The maximum Gasteiger partial charge on any atom is 0.231 e. The summed E-state index contributed by atoms with van der Waals surface area (Å²) in [4.78, 5) is 14.9. The van der Waals surface area contributed by atoms with Gasteiger partial charge in [-0.15, -0.1) is 11.8 Å². The standard InChI is InChI=1S/C28H30N4O3S/c1-16-9-11-19-23(13-16)36-28-24(19)27(33)29-26(30-28)20-15-32(18-7-5-4-6-8-18)31-25(20)17-10-12-21(34-2)22(14-17)35-3/h4-8,10,12,14-16,24,26,28,30H,9,11,13H2,1-3H3,(H,29,33). The fourth-order valence-corrected chi connectivity index (χ4v) is 7.19. The van der Waals surface area contributed by atoms with Gasteiger partial charge in [0.2, 0.25) is 5.91 Å². The Kier molecular flexibility index (Phi) is 6.01. The molecule has 3 heterocycles. The van der Waals surface area contributed by atoms with Crippen molar-refractivity contribution in [3.63, 3.8) is 0 Å². The molecule has 0 spiro atoms. The smallest absolute Gasteiger partial charge is 0.231 e. The topological polar surface area (TPSA) is 77.4 Å². The molecular formula is C28H30N4O3S. The third-order valence-corrected chi connectivity index (χ3v) is 8.75. The summed E-state index contributed by atoms with van der Waals surface area (Å²) in [6, 6.07) is 15.8. The molecule has 7 nitrogen and oxygen atoms in total. The first-order valence-electron chi connectivity index (χ1n) is 12.4. The van der Waals surface area contributed by atoms with Crippen molar-refractivity contribution in [1.29, 1.82) is 0 Å². The number of benzene rings is 2. The van der Waals surface area contributed by atoms with E-state index in [1.807, 2.05) is 71.2 Å². The second-order valence-electron chi connectivity index (χ2n) is 9.70. The van der Waals surface area contributed by atoms with Crippen molar-refractivity contribution in [2.45, 2.75) is 37.7 Å². The second kappa shape index (κ2) is 9.33. The van der Waals surface area contributed by atoms with Gasteiger partial charge < -0.3 is 14.8 Å². The lowest BCUT2D eigenvalue weighted by Crippen LogP contribution is -2.54. The van der Waals surface area contributed by atoms with Crippen LogP contribution in [0.3, 0.4) is 0 Å². The second-order valence-corrected chi connectivity index (χ2v) is 10.9. The zero-order valence-corrected chi connectivity index (χ0v) is 21.5. The predicted octanol–water partition coefficient (Wildman–Crippen LogP) is 5.04. The molecule has 1 saturated heterocycles. The molecular weight excluding hydrogens is 472 g/mol. The Labute approximate surface area is 215 Å². The number of allylic oxidation sites excluding steroid dienone is 1. The van der Waals surface area contributed by atoms with Gasteiger partial charge in [-0.05, 0) is 66.0 Å². The number of para-hydroxylation sites is 1. The van der Waals surface area contributed by atoms with Crippen LogP contribution >= 0.6 is 11.8 Å². The van der Waals surface area contributed by atoms with E-state index < -0.39 is 0 Å². The number of hydrogen-bond donors (Lipinski definition) is 2. The number of carbonyl (C=O) groups excluding carboxylic acids is 1. The summed E-state index contributed by atoms with van der Waals surface area (Å²) in [5.74, 6) is 1.97. The Morgan fingerprint density at radius 1 is 1.08 bits per heavy atom. The molecule has 36 heavy (non-hydrogen) atoms. The van der Waals surface area contributed by atoms with Gasteiger partial charge in [-0.3, -0.25) is 10.1 Å². The Morgan fingerprint density at radius 3 is 2.67 bits per heavy atom. The average molecular weight is 503 g/mol. The van der Waals surface area contributed by atoms with Crippen molar-refractivity contribution in [3.8, 4) is 28.4 Å². The summed E-state index contributed by atoms with van der Waals surface area (Å²) < 4.78 is 12.9. The number of aromatic nitrogens is 2. The molecule has 2 N–H and O–H groups in total. The number of fused-ring (bicyclic) bond motifs is 2. The molecule has 1 fully saturated rings. The number of carbonyl (C=O) groups is 1. The van der Waals surface area contributed by atoms with Crippen molar-refractivity contribution >= 4 is 17.7 Å². The number of rotatable bonds is 5. The number of ether oxygens (including phenoxy) is 2. The molecule has 4 atom stereocenters. The first kappa shape index (κ1) is 23.2. The van der Waals surface area contributed by atoms with Crippen molar-refractivity contribution in [3.05, 3.63) is 70.8 Å². The van der Waals surface area contributed by atoms with Gasteiger partial charge in [0.25, 0.3) is 0 Å². The third kappa shape index (κ3) is 3.98. The third-order valence-electron chi connectivity index (χ3n) is 7.38. The minimum absolute atomic E-state index is 0.0392. The van der Waals surface area contributed by atoms with E-state index in [0.29, 0.717) is 17.4 Å². The molecule has 1 aliphatic carbocycles. The number of methoxy groups -OCH3 is 2. The van der Waals surface area contributed by atoms with Gasteiger partial charge in [0.05, 0.1) is 36.9 Å². The first-order chi connectivity index (χ1) is 17.6. The maximum absolute atomic E-state index is 13.4. The fraction of sp³-hybridized carbons (Fsp3) is 0.357. The van der Waals surface area contributed by atoms with Crippen LogP contribution in [0.25, 0.3) is 16.9 Å². The van der Waals surface area contributed by atoms with Gasteiger partial charge in [-0.2, -0.15) is 5.10 Å². The molecule has 1 aromatic heterocycles. The van der Waals surface area contributed by atoms with Crippen molar-refractivity contribution in [2.24, 2.45) is 11.8 Å². The quantitative estimate of drug-likeness (QED) is 0.509. The summed E-state index contributed by atoms with van der Waals surface area (Å²) in [5, 5.41) is 12.0. The molecule has 0 saturated carbocycles. The van der Waals surface area contributed by atoms with E-state index in [1.54, 1.807) is 14.2 Å². The van der Waals surface area contributed by atoms with Gasteiger partial charge in [0.1, 0.15) is 6.17 Å². The normalized spacial score (nSPS) is 25.2. The molecule has 1 amide bonds. The summed E-state index contributed by atoms with van der Waals surface area (Å²) in [5.41, 5.74) is 4.88. The summed E-state index contributed by atoms with van der Waals surface area (Å²) in [7, 11) is 3.25. The monoisotopic (exact) mass is 502 g/mol. The number of nitrogens with one attached hydrogen (secondary N) is 2. The van der Waals surface area contributed by atoms with Gasteiger partial charge in [0, 0.05) is 17.3 Å². The van der Waals surface area contributed by atoms with Crippen molar-refractivity contribution in [2.75, 3.05) is 14.2 Å². The number of hydrogen-bond acceptors (Lipinski definition) is 6. The van der Waals surface area contributed by atoms with E-state index in [2.05, 4.69) is 17.6 Å². The van der Waals surface area contributed by atoms with Gasteiger partial charge >= 0.3 is 0 Å². The highest BCUT2D eigenvalue weighted by Crippen LogP contribution is 2.51. The van der Waals surface area contributed by atoms with Crippen LogP contribution in [0.4, 0.5) is 0 Å². The Bertz CT molecular complexity index is 1340. The highest BCUT2D eigenvalue weighted by Gasteiger charge is 2.46. The Balaban J connectivity index is 1.38. The van der Waals surface area contributed by atoms with Gasteiger partial charge in [-0.1, -0.05) is 25.1 Å². The van der Waals surface area contributed by atoms with Crippen LogP contribution in [0, 0.1) is 11.8 Å². The van der Waals surface area contributed by atoms with Crippen LogP contribution in [0.1, 0.15) is 37.9 Å². The van der Waals surface area contributed by atoms with E-state index in [4.69, 9.17) is 14.6 Å². The molecule has 3 aliphatic rings. The van der Waals surface area contributed by atoms with E-state index in [0.717, 1.165) is 41.8 Å². The number of nitrogens with zero attached hydrogens (tertiary/aromatic N) is 2. The molecule has 2 aliphatic heterocycles. The largest absolute Gasteiger partial charge is 0.493 e. The van der Waals surface area contributed by atoms with Crippen molar-refractivity contribution in [1.82, 2.24) is 20.4 Å². The molecule has 3 aromatic rings. The van der Waals surface area contributed by atoms with Crippen LogP contribution < -0.4 is 20.1 Å². The van der Waals surface area contributed by atoms with Gasteiger partial charge in [-0.25, -0.2) is 4.68 Å². The number of amides is 1. The molecule has 8 heteroatoms. The highest BCUT2D eigenvalue weighted by atomic mass is 32.2. The summed E-state index contributed by atoms with van der Waals surface area (Å²) in [6.45, 7) is 2.30. The zero-order chi connectivity index (χ0) is 24.8. The Hall–Kier alpha value is -3.23. The summed E-state index contributed by atoms with van der Waals surface area (Å²) >= 11 is 1.84. The van der Waals surface area contributed by atoms with Crippen LogP contribution in [0.15, 0.2) is 65.2 Å². The molecule has 0 bridgehead atoms. The van der Waals surface area contributed by atoms with Crippen LogP contribution in [-0.4, -0.2) is 35.3 Å². The lowest BCUT2D eigenvalue weighted by molar-refractivity contribution is -0.127. The van der Waals surface area contributed by atoms with E-state index >= 15 is 0 Å². The van der Waals surface area contributed by atoms with E-state index in [-0.39, 0.29) is 23.4 Å². The predicted molar refractivity (Wildman–Crippen MR) is 141 cm³/mol. The van der Waals surface area contributed by atoms with Crippen molar-refractivity contribution < 1.29 is 14.3 Å². The van der Waals surface area contributed by atoms with Crippen LogP contribution in [0.2, 0.25) is 0 Å². The lowest BCUT2D eigenvalue weighted by atomic mass is 9.83. The minimum atomic E-state index is -0.356. The van der Waals surface area contributed by atoms with Crippen LogP contribution in [0.5, 0.6) is 11.5 Å².